The van der Waals surface area contributed by atoms with Gasteiger partial charge in [0.25, 0.3) is 0 Å². The highest BCUT2D eigenvalue weighted by molar-refractivity contribution is 8.00. The fourth-order valence-electron chi connectivity index (χ4n) is 1.86. The molecule has 0 spiro atoms. The van der Waals surface area contributed by atoms with Crippen molar-refractivity contribution >= 4 is 29.0 Å². The monoisotopic (exact) mass is 332 g/mol. The number of hydrogen-bond donors (Lipinski definition) is 1. The van der Waals surface area contributed by atoms with Crippen molar-refractivity contribution in [3.05, 3.63) is 39.0 Å². The van der Waals surface area contributed by atoms with Crippen molar-refractivity contribution in [2.24, 2.45) is 0 Å². The maximum Gasteiger partial charge on any atom is 0.230 e. The molecule has 7 heteroatoms. The van der Waals surface area contributed by atoms with Gasteiger partial charge >= 0.3 is 0 Å². The van der Waals surface area contributed by atoms with Gasteiger partial charge in [-0.05, 0) is 37.8 Å². The molecule has 0 saturated carbocycles. The molecule has 2 aromatic rings. The van der Waals surface area contributed by atoms with E-state index >= 15 is 0 Å². The number of aromatic nitrogens is 2. The molecule has 22 heavy (non-hydrogen) atoms. The summed E-state index contributed by atoms with van der Waals surface area (Å²) >= 11 is 2.90. The van der Waals surface area contributed by atoms with Gasteiger partial charge in [-0.2, -0.15) is 5.26 Å². The topological polar surface area (TPSA) is 78.7 Å². The number of nitrogens with one attached hydrogen (secondary N) is 1. The fraction of sp³-hybridized carbons (Fsp3) is 0.333. The van der Waals surface area contributed by atoms with Crippen LogP contribution in [0.1, 0.15) is 27.5 Å². The molecule has 5 nitrogen and oxygen atoms in total. The van der Waals surface area contributed by atoms with E-state index in [2.05, 4.69) is 21.4 Å². The van der Waals surface area contributed by atoms with Crippen LogP contribution >= 0.6 is 23.1 Å². The van der Waals surface area contributed by atoms with Crippen molar-refractivity contribution in [3.8, 4) is 6.07 Å². The summed E-state index contributed by atoms with van der Waals surface area (Å²) in [4.78, 5) is 21.5. The van der Waals surface area contributed by atoms with E-state index in [0.29, 0.717) is 28.7 Å². The number of hydrogen-bond acceptors (Lipinski definition) is 6. The summed E-state index contributed by atoms with van der Waals surface area (Å²) in [5, 5.41) is 14.6. The number of thioether (sulfide) groups is 1. The van der Waals surface area contributed by atoms with Crippen molar-refractivity contribution in [1.29, 1.82) is 5.26 Å². The molecule has 0 saturated heterocycles. The Kier molecular flexibility index (Phi) is 5.52. The first-order chi connectivity index (χ1) is 10.5. The predicted molar refractivity (Wildman–Crippen MR) is 87.8 cm³/mol. The lowest BCUT2D eigenvalue weighted by atomic mass is 10.3. The second-order valence-electron chi connectivity index (χ2n) is 4.74. The third kappa shape index (κ3) is 4.06. The Labute approximate surface area is 137 Å². The second kappa shape index (κ2) is 7.38. The van der Waals surface area contributed by atoms with Crippen LogP contribution in [-0.2, 0) is 11.3 Å². The van der Waals surface area contributed by atoms with Crippen molar-refractivity contribution in [3.63, 3.8) is 0 Å². The number of thiophene rings is 1. The minimum Gasteiger partial charge on any atom is -0.350 e. The number of nitrogens with zero attached hydrogens (tertiary/aromatic N) is 3. The Morgan fingerprint density at radius 1 is 1.41 bits per heavy atom. The molecular weight excluding hydrogens is 316 g/mol. The van der Waals surface area contributed by atoms with Crippen molar-refractivity contribution in [1.82, 2.24) is 15.3 Å². The fourth-order valence-corrected chi connectivity index (χ4v) is 3.61. The zero-order chi connectivity index (χ0) is 16.1. The molecule has 114 valence electrons. The summed E-state index contributed by atoms with van der Waals surface area (Å²) in [6.45, 7) is 6.11. The largest absolute Gasteiger partial charge is 0.350 e. The van der Waals surface area contributed by atoms with E-state index in [-0.39, 0.29) is 11.7 Å². The van der Waals surface area contributed by atoms with Crippen LogP contribution in [0.3, 0.4) is 0 Å². The first-order valence-electron chi connectivity index (χ1n) is 6.69. The predicted octanol–water partition coefficient (Wildman–Crippen LogP) is 2.74. The minimum absolute atomic E-state index is 0.0735. The van der Waals surface area contributed by atoms with Gasteiger partial charge < -0.3 is 5.32 Å². The third-order valence-electron chi connectivity index (χ3n) is 3.03. The molecule has 0 aliphatic rings. The SMILES string of the molecule is Cc1nc(C)c(C#N)c(SCC(=O)NCc2sccc2C)n1. The summed E-state index contributed by atoms with van der Waals surface area (Å²) in [6.07, 6.45) is 0. The number of carbonyl (C=O) groups is 1. The highest BCUT2D eigenvalue weighted by Gasteiger charge is 2.12. The summed E-state index contributed by atoms with van der Waals surface area (Å²) in [7, 11) is 0. The Hall–Kier alpha value is -1.91. The Morgan fingerprint density at radius 3 is 2.82 bits per heavy atom. The second-order valence-corrected chi connectivity index (χ2v) is 6.71. The maximum absolute atomic E-state index is 11.9. The Morgan fingerprint density at radius 2 is 2.18 bits per heavy atom. The van der Waals surface area contributed by atoms with E-state index in [4.69, 9.17) is 0 Å². The van der Waals surface area contributed by atoms with Crippen molar-refractivity contribution in [2.75, 3.05) is 5.75 Å². The van der Waals surface area contributed by atoms with Crippen LogP contribution in [0, 0.1) is 32.1 Å². The van der Waals surface area contributed by atoms with Gasteiger partial charge in [0.2, 0.25) is 5.91 Å². The highest BCUT2D eigenvalue weighted by atomic mass is 32.2. The molecule has 0 aliphatic heterocycles. The quantitative estimate of drug-likeness (QED) is 0.673. The lowest BCUT2D eigenvalue weighted by Crippen LogP contribution is -2.24. The summed E-state index contributed by atoms with van der Waals surface area (Å²) in [5.74, 6) is 0.763. The smallest absolute Gasteiger partial charge is 0.230 e. The van der Waals surface area contributed by atoms with E-state index in [9.17, 15) is 10.1 Å². The van der Waals surface area contributed by atoms with Gasteiger partial charge in [0.1, 0.15) is 22.5 Å². The number of amides is 1. The van der Waals surface area contributed by atoms with Crippen LogP contribution in [0.15, 0.2) is 16.5 Å². The van der Waals surface area contributed by atoms with Gasteiger partial charge in [0, 0.05) is 4.88 Å². The summed E-state index contributed by atoms with van der Waals surface area (Å²) in [6, 6.07) is 4.14. The van der Waals surface area contributed by atoms with Gasteiger partial charge in [-0.3, -0.25) is 4.79 Å². The van der Waals surface area contributed by atoms with E-state index in [1.807, 2.05) is 18.4 Å². The normalized spacial score (nSPS) is 10.3. The molecule has 2 rings (SSSR count). The van der Waals surface area contributed by atoms with Gasteiger partial charge in [-0.15, -0.1) is 11.3 Å². The maximum atomic E-state index is 11.9. The van der Waals surface area contributed by atoms with E-state index in [0.717, 1.165) is 4.88 Å². The Bertz CT molecular complexity index is 734. The number of carbonyl (C=O) groups excluding carboxylic acids is 1. The summed E-state index contributed by atoms with van der Waals surface area (Å²) in [5.41, 5.74) is 2.27. The van der Waals surface area contributed by atoms with E-state index in [1.165, 1.54) is 17.3 Å². The standard InChI is InChI=1S/C15H16N4OS2/c1-9-4-5-21-13(9)7-17-14(20)8-22-15-12(6-16)10(2)18-11(3)19-15/h4-5H,7-8H2,1-3H3,(H,17,20). The lowest BCUT2D eigenvalue weighted by molar-refractivity contribution is -0.118. The van der Waals surface area contributed by atoms with Crippen LogP contribution in [-0.4, -0.2) is 21.6 Å². The van der Waals surface area contributed by atoms with E-state index in [1.54, 1.807) is 25.2 Å². The molecule has 2 aromatic heterocycles. The zero-order valence-corrected chi connectivity index (χ0v) is 14.3. The van der Waals surface area contributed by atoms with E-state index < -0.39 is 0 Å². The van der Waals surface area contributed by atoms with Crippen LogP contribution in [0.4, 0.5) is 0 Å². The molecule has 0 fully saturated rings. The van der Waals surface area contributed by atoms with Gasteiger partial charge in [0.05, 0.1) is 18.0 Å². The van der Waals surface area contributed by atoms with Crippen LogP contribution < -0.4 is 5.32 Å². The van der Waals surface area contributed by atoms with Crippen LogP contribution in [0.25, 0.3) is 0 Å². The first-order valence-corrected chi connectivity index (χ1v) is 8.55. The van der Waals surface area contributed by atoms with Gasteiger partial charge in [-0.1, -0.05) is 11.8 Å². The number of rotatable bonds is 5. The number of aryl methyl sites for hydroxylation is 3. The third-order valence-corrected chi connectivity index (χ3v) is 5.03. The molecule has 0 bridgehead atoms. The molecule has 0 aromatic carbocycles. The summed E-state index contributed by atoms with van der Waals surface area (Å²) < 4.78 is 0. The molecule has 1 amide bonds. The zero-order valence-electron chi connectivity index (χ0n) is 12.6. The highest BCUT2D eigenvalue weighted by Crippen LogP contribution is 2.22. The van der Waals surface area contributed by atoms with Crippen LogP contribution in [0.5, 0.6) is 0 Å². The molecule has 0 atom stereocenters. The van der Waals surface area contributed by atoms with Crippen LogP contribution in [0.2, 0.25) is 0 Å². The number of nitriles is 1. The molecule has 2 heterocycles. The average Bonchev–Trinajstić information content (AvgIpc) is 2.87. The molecule has 0 unspecified atom stereocenters. The minimum atomic E-state index is -0.0735. The van der Waals surface area contributed by atoms with Crippen molar-refractivity contribution < 1.29 is 4.79 Å². The van der Waals surface area contributed by atoms with Crippen molar-refractivity contribution in [2.45, 2.75) is 32.3 Å². The Balaban J connectivity index is 1.94. The first kappa shape index (κ1) is 16.5. The van der Waals surface area contributed by atoms with Gasteiger partial charge in [-0.25, -0.2) is 9.97 Å². The molecule has 0 radical (unpaired) electrons. The molecule has 0 aliphatic carbocycles. The lowest BCUT2D eigenvalue weighted by Gasteiger charge is -2.07. The van der Waals surface area contributed by atoms with Gasteiger partial charge in [0.15, 0.2) is 0 Å². The average molecular weight is 332 g/mol. The molecular formula is C15H16N4OS2. The molecule has 1 N–H and O–H groups in total.